The highest BCUT2D eigenvalue weighted by Gasteiger charge is 2.32. The molecule has 1 aliphatic rings. The monoisotopic (exact) mass is 520 g/mol. The van der Waals surface area contributed by atoms with Crippen molar-refractivity contribution in [2.45, 2.75) is 13.0 Å². The van der Waals surface area contributed by atoms with Crippen molar-refractivity contribution in [2.24, 2.45) is 4.99 Å². The van der Waals surface area contributed by atoms with E-state index in [-0.39, 0.29) is 10.3 Å². The molecular weight excluding hydrogens is 504 g/mol. The largest absolute Gasteiger partial charge is 0.433 e. The van der Waals surface area contributed by atoms with Crippen molar-refractivity contribution in [1.29, 1.82) is 0 Å². The maximum atomic E-state index is 13.6. The number of hydrogen-bond acceptors (Lipinski definition) is 7. The number of hydrogen-bond donors (Lipinski definition) is 1. The third-order valence-electron chi connectivity index (χ3n) is 5.55. The van der Waals surface area contributed by atoms with E-state index in [4.69, 9.17) is 16.0 Å². The molecule has 0 unspecified atom stereocenters. The highest BCUT2D eigenvalue weighted by molar-refractivity contribution is 7.07. The highest BCUT2D eigenvalue weighted by Crippen LogP contribution is 2.31. The molecule has 0 aliphatic carbocycles. The Morgan fingerprint density at radius 2 is 1.89 bits per heavy atom. The number of halogens is 1. The fraction of sp³-hybridized carbons (Fsp3) is 0.0800. The molecule has 1 amide bonds. The number of fused-ring (bicyclic) bond motifs is 1. The van der Waals surface area contributed by atoms with Crippen LogP contribution in [0, 0.1) is 10.1 Å². The van der Waals surface area contributed by atoms with Crippen LogP contribution in [0.5, 0.6) is 0 Å². The Morgan fingerprint density at radius 1 is 1.17 bits per heavy atom. The van der Waals surface area contributed by atoms with Crippen LogP contribution in [-0.2, 0) is 4.79 Å². The number of allylic oxidation sites excluding steroid dienone is 1. The number of benzene rings is 2. The quantitative estimate of drug-likeness (QED) is 0.315. The zero-order valence-corrected chi connectivity index (χ0v) is 20.2. The maximum Gasteiger partial charge on any atom is 0.433 e. The third kappa shape index (κ3) is 4.39. The summed E-state index contributed by atoms with van der Waals surface area (Å²) < 4.78 is 6.90. The zero-order valence-electron chi connectivity index (χ0n) is 18.7. The number of furan rings is 1. The molecule has 0 spiro atoms. The summed E-state index contributed by atoms with van der Waals surface area (Å²) in [5, 5.41) is 14.3. The number of aromatic nitrogens is 1. The molecule has 2 aromatic carbocycles. The molecule has 180 valence electrons. The molecule has 2 aromatic heterocycles. The highest BCUT2D eigenvalue weighted by atomic mass is 35.5. The Labute approximate surface area is 212 Å². The molecule has 36 heavy (non-hydrogen) atoms. The molecule has 3 heterocycles. The lowest BCUT2D eigenvalue weighted by atomic mass is 9.95. The van der Waals surface area contributed by atoms with E-state index >= 15 is 0 Å². The van der Waals surface area contributed by atoms with Crippen molar-refractivity contribution in [3.05, 3.63) is 124 Å². The van der Waals surface area contributed by atoms with E-state index in [9.17, 15) is 19.7 Å². The van der Waals surface area contributed by atoms with Crippen LogP contribution in [-0.4, -0.2) is 15.4 Å². The van der Waals surface area contributed by atoms with Crippen molar-refractivity contribution < 1.29 is 14.1 Å². The number of nitro groups is 1. The van der Waals surface area contributed by atoms with E-state index in [0.29, 0.717) is 32.3 Å². The van der Waals surface area contributed by atoms with Gasteiger partial charge in [0.15, 0.2) is 4.80 Å². The Kier molecular flexibility index (Phi) is 6.13. The van der Waals surface area contributed by atoms with Crippen LogP contribution >= 0.6 is 22.9 Å². The van der Waals surface area contributed by atoms with Crippen molar-refractivity contribution >= 4 is 46.5 Å². The minimum absolute atomic E-state index is 0.160. The Hall–Kier alpha value is -4.28. The first-order chi connectivity index (χ1) is 17.3. The number of thiazole rings is 1. The number of carbonyl (C=O) groups is 1. The van der Waals surface area contributed by atoms with E-state index in [2.05, 4.69) is 10.3 Å². The summed E-state index contributed by atoms with van der Waals surface area (Å²) in [4.78, 5) is 42.3. The zero-order chi connectivity index (χ0) is 25.4. The topological polar surface area (TPSA) is 120 Å². The fourth-order valence-electron chi connectivity index (χ4n) is 3.94. The van der Waals surface area contributed by atoms with Gasteiger partial charge in [0, 0.05) is 16.8 Å². The molecule has 1 N–H and O–H groups in total. The van der Waals surface area contributed by atoms with E-state index < -0.39 is 28.3 Å². The minimum Gasteiger partial charge on any atom is -0.401 e. The minimum atomic E-state index is -0.768. The summed E-state index contributed by atoms with van der Waals surface area (Å²) in [5.74, 6) is -0.658. The van der Waals surface area contributed by atoms with Gasteiger partial charge in [0.2, 0.25) is 0 Å². The molecule has 0 fully saturated rings. The lowest BCUT2D eigenvalue weighted by molar-refractivity contribution is -0.402. The molecule has 1 aliphatic heterocycles. The lowest BCUT2D eigenvalue weighted by Crippen LogP contribution is -2.40. The van der Waals surface area contributed by atoms with Gasteiger partial charge in [-0.25, -0.2) is 4.99 Å². The van der Waals surface area contributed by atoms with Gasteiger partial charge in [0.05, 0.1) is 27.9 Å². The molecule has 5 rings (SSSR count). The molecule has 0 saturated heterocycles. The van der Waals surface area contributed by atoms with Gasteiger partial charge in [-0.3, -0.25) is 24.3 Å². The normalized spacial score (nSPS) is 15.4. The Morgan fingerprint density at radius 3 is 2.56 bits per heavy atom. The third-order valence-corrected chi connectivity index (χ3v) is 6.78. The molecule has 0 saturated carbocycles. The summed E-state index contributed by atoms with van der Waals surface area (Å²) in [7, 11) is 0. The molecule has 0 bridgehead atoms. The van der Waals surface area contributed by atoms with Crippen LogP contribution in [0.2, 0.25) is 5.02 Å². The number of amides is 1. The molecule has 11 heteroatoms. The van der Waals surface area contributed by atoms with Gasteiger partial charge in [-0.1, -0.05) is 53.3 Å². The lowest BCUT2D eigenvalue weighted by Gasteiger charge is -2.25. The molecular formula is C25H17ClN4O5S. The van der Waals surface area contributed by atoms with Gasteiger partial charge in [-0.15, -0.1) is 0 Å². The summed E-state index contributed by atoms with van der Waals surface area (Å²) >= 11 is 7.20. The van der Waals surface area contributed by atoms with Gasteiger partial charge in [-0.2, -0.15) is 0 Å². The van der Waals surface area contributed by atoms with Crippen LogP contribution in [0.1, 0.15) is 24.3 Å². The first-order valence-electron chi connectivity index (χ1n) is 10.7. The average molecular weight is 521 g/mol. The van der Waals surface area contributed by atoms with Crippen LogP contribution < -0.4 is 20.2 Å². The fourth-order valence-corrected chi connectivity index (χ4v) is 5.09. The van der Waals surface area contributed by atoms with Crippen molar-refractivity contribution in [2.75, 3.05) is 5.32 Å². The number of para-hydroxylation sites is 1. The molecule has 4 aromatic rings. The summed E-state index contributed by atoms with van der Waals surface area (Å²) in [6, 6.07) is 17.8. The van der Waals surface area contributed by atoms with Gasteiger partial charge >= 0.3 is 5.88 Å². The maximum absolute atomic E-state index is 13.6. The number of rotatable bonds is 5. The second-order valence-electron chi connectivity index (χ2n) is 7.89. The van der Waals surface area contributed by atoms with E-state index in [1.807, 2.05) is 6.07 Å². The van der Waals surface area contributed by atoms with E-state index in [1.54, 1.807) is 55.5 Å². The van der Waals surface area contributed by atoms with Crippen LogP contribution in [0.3, 0.4) is 0 Å². The molecule has 1 atom stereocenters. The van der Waals surface area contributed by atoms with Crippen LogP contribution in [0.4, 0.5) is 11.6 Å². The second-order valence-corrected chi connectivity index (χ2v) is 9.33. The molecule has 0 radical (unpaired) electrons. The van der Waals surface area contributed by atoms with E-state index in [0.717, 1.165) is 11.3 Å². The number of nitrogens with zero attached hydrogens (tertiary/aromatic N) is 3. The molecule has 9 nitrogen and oxygen atoms in total. The average Bonchev–Trinajstić information content (AvgIpc) is 3.44. The summed E-state index contributed by atoms with van der Waals surface area (Å²) in [5.41, 5.74) is 1.65. The van der Waals surface area contributed by atoms with Crippen LogP contribution in [0.25, 0.3) is 6.08 Å². The van der Waals surface area contributed by atoms with Crippen molar-refractivity contribution in [1.82, 2.24) is 4.57 Å². The summed E-state index contributed by atoms with van der Waals surface area (Å²) in [6.45, 7) is 1.72. The van der Waals surface area contributed by atoms with Crippen molar-refractivity contribution in [3.8, 4) is 0 Å². The predicted octanol–water partition coefficient (Wildman–Crippen LogP) is 4.03. The Balaban J connectivity index is 1.66. The number of anilines is 1. The smallest absolute Gasteiger partial charge is 0.401 e. The first kappa shape index (κ1) is 23.5. The predicted molar refractivity (Wildman–Crippen MR) is 136 cm³/mol. The van der Waals surface area contributed by atoms with Gasteiger partial charge in [0.25, 0.3) is 11.5 Å². The standard InChI is InChI=1S/C25H17ClN4O5S/c1-14-21(23(31)28-17-5-3-2-4-6-17)22(15-7-9-16(26)10-8-15)29-24(32)19(36-25(29)27-14)13-18-11-12-20(35-18)30(33)34/h2-13,22H,1H3,(H,28,31)/b19-13-/t22-/m1/s1. The SMILES string of the molecule is CC1=C(C(=O)Nc2ccccc2)[C@@H](c2ccc(Cl)cc2)n2c(s/c(=C\c3ccc([N+](=O)[O-])o3)c2=O)=N1. The number of nitrogens with one attached hydrogen (secondary N) is 1. The van der Waals surface area contributed by atoms with Gasteiger partial charge in [-0.05, 0) is 42.8 Å². The second kappa shape index (κ2) is 9.40. The summed E-state index contributed by atoms with van der Waals surface area (Å²) in [6.07, 6.45) is 1.43. The van der Waals surface area contributed by atoms with E-state index in [1.165, 1.54) is 22.8 Å². The number of carbonyl (C=O) groups excluding carboxylic acids is 1. The van der Waals surface area contributed by atoms with Gasteiger partial charge in [0.1, 0.15) is 10.7 Å². The first-order valence-corrected chi connectivity index (χ1v) is 11.9. The van der Waals surface area contributed by atoms with Crippen LogP contribution in [0.15, 0.2) is 92.2 Å². The van der Waals surface area contributed by atoms with Crippen molar-refractivity contribution in [3.63, 3.8) is 0 Å². The van der Waals surface area contributed by atoms with Gasteiger partial charge < -0.3 is 9.73 Å². The Bertz CT molecular complexity index is 1700.